The normalized spacial score (nSPS) is 19.8. The van der Waals surface area contributed by atoms with Crippen LogP contribution in [0.2, 0.25) is 0 Å². The Morgan fingerprint density at radius 3 is 2.70 bits per heavy atom. The lowest BCUT2D eigenvalue weighted by Gasteiger charge is -2.19. The second-order valence-electron chi connectivity index (χ2n) is 6.75. The third kappa shape index (κ3) is 5.70. The van der Waals surface area contributed by atoms with Crippen molar-refractivity contribution in [1.29, 1.82) is 0 Å². The molecule has 0 unspecified atom stereocenters. The summed E-state index contributed by atoms with van der Waals surface area (Å²) in [6.07, 6.45) is 5.60. The summed E-state index contributed by atoms with van der Waals surface area (Å²) >= 11 is 0. The molecule has 0 spiro atoms. The number of carbonyl (C=O) groups excluding carboxylic acids is 1. The van der Waals surface area contributed by atoms with Crippen molar-refractivity contribution >= 4 is 11.6 Å². The maximum absolute atomic E-state index is 12.1. The van der Waals surface area contributed by atoms with E-state index in [1.54, 1.807) is 12.1 Å². The van der Waals surface area contributed by atoms with Gasteiger partial charge in [0.05, 0.1) is 6.61 Å². The van der Waals surface area contributed by atoms with E-state index >= 15 is 0 Å². The van der Waals surface area contributed by atoms with Crippen molar-refractivity contribution in [1.82, 2.24) is 5.43 Å². The van der Waals surface area contributed by atoms with Crippen molar-refractivity contribution in [2.45, 2.75) is 52.9 Å². The molecular formula is C19H28N2O2. The number of carbonyl (C=O) groups is 1. The van der Waals surface area contributed by atoms with Gasteiger partial charge in [-0.05, 0) is 61.8 Å². The number of nitrogens with zero attached hydrogens (tertiary/aromatic N) is 1. The number of hydrogen-bond acceptors (Lipinski definition) is 3. The van der Waals surface area contributed by atoms with Gasteiger partial charge in [0.2, 0.25) is 0 Å². The third-order valence-electron chi connectivity index (χ3n) is 4.27. The topological polar surface area (TPSA) is 50.7 Å². The number of rotatable bonds is 6. The van der Waals surface area contributed by atoms with E-state index in [0.29, 0.717) is 24.0 Å². The van der Waals surface area contributed by atoms with Crippen LogP contribution in [0.3, 0.4) is 0 Å². The van der Waals surface area contributed by atoms with Crippen LogP contribution in [-0.2, 0) is 0 Å². The molecule has 1 aliphatic rings. The SMILES string of the molecule is CC(C)CCOc1ccc(C(=O)N/N=C2/CCCC[C@@H]2C)cc1. The Hall–Kier alpha value is -1.84. The summed E-state index contributed by atoms with van der Waals surface area (Å²) in [5.74, 6) is 1.74. The van der Waals surface area contributed by atoms with E-state index in [9.17, 15) is 4.79 Å². The van der Waals surface area contributed by atoms with Gasteiger partial charge in [-0.1, -0.05) is 27.2 Å². The first kappa shape index (κ1) is 17.5. The summed E-state index contributed by atoms with van der Waals surface area (Å²) in [6.45, 7) is 7.22. The highest BCUT2D eigenvalue weighted by atomic mass is 16.5. The molecule has 1 amide bonds. The molecule has 4 nitrogen and oxygen atoms in total. The third-order valence-corrected chi connectivity index (χ3v) is 4.27. The van der Waals surface area contributed by atoms with E-state index < -0.39 is 0 Å². The fourth-order valence-electron chi connectivity index (χ4n) is 2.64. The number of hydrazone groups is 1. The summed E-state index contributed by atoms with van der Waals surface area (Å²) < 4.78 is 5.66. The minimum absolute atomic E-state index is 0.163. The van der Waals surface area contributed by atoms with Crippen LogP contribution in [0, 0.1) is 11.8 Å². The average molecular weight is 316 g/mol. The van der Waals surface area contributed by atoms with E-state index in [2.05, 4.69) is 31.3 Å². The predicted molar refractivity (Wildman–Crippen MR) is 93.9 cm³/mol. The molecule has 0 bridgehead atoms. The molecule has 0 aliphatic heterocycles. The first-order valence-corrected chi connectivity index (χ1v) is 8.66. The smallest absolute Gasteiger partial charge is 0.271 e. The Morgan fingerprint density at radius 1 is 1.30 bits per heavy atom. The highest BCUT2D eigenvalue weighted by Crippen LogP contribution is 2.20. The zero-order valence-corrected chi connectivity index (χ0v) is 14.5. The van der Waals surface area contributed by atoms with Gasteiger partial charge >= 0.3 is 0 Å². The number of benzene rings is 1. The molecule has 1 N–H and O–H groups in total. The van der Waals surface area contributed by atoms with Crippen molar-refractivity contribution in [3.8, 4) is 5.75 Å². The van der Waals surface area contributed by atoms with Crippen LogP contribution in [0.25, 0.3) is 0 Å². The van der Waals surface area contributed by atoms with Gasteiger partial charge in [-0.25, -0.2) is 5.43 Å². The van der Waals surface area contributed by atoms with E-state index in [0.717, 1.165) is 30.7 Å². The van der Waals surface area contributed by atoms with Gasteiger partial charge in [0.1, 0.15) is 5.75 Å². The molecule has 4 heteroatoms. The van der Waals surface area contributed by atoms with Gasteiger partial charge in [0.25, 0.3) is 5.91 Å². The monoisotopic (exact) mass is 316 g/mol. The molecule has 1 fully saturated rings. The fraction of sp³-hybridized carbons (Fsp3) is 0.579. The Morgan fingerprint density at radius 2 is 2.04 bits per heavy atom. The maximum Gasteiger partial charge on any atom is 0.271 e. The molecule has 126 valence electrons. The fourth-order valence-corrected chi connectivity index (χ4v) is 2.64. The number of nitrogens with one attached hydrogen (secondary N) is 1. The van der Waals surface area contributed by atoms with Crippen LogP contribution in [0.4, 0.5) is 0 Å². The second-order valence-corrected chi connectivity index (χ2v) is 6.75. The van der Waals surface area contributed by atoms with Crippen molar-refractivity contribution in [3.63, 3.8) is 0 Å². The standard InChI is InChI=1S/C19H28N2O2/c1-14(2)12-13-23-17-10-8-16(9-11-17)19(22)21-20-18-7-5-4-6-15(18)3/h8-11,14-15H,4-7,12-13H2,1-3H3,(H,21,22)/b20-18-/t15-/m0/s1. The molecule has 0 aromatic heterocycles. The van der Waals surface area contributed by atoms with Crippen molar-refractivity contribution in [3.05, 3.63) is 29.8 Å². The van der Waals surface area contributed by atoms with Crippen molar-refractivity contribution in [2.24, 2.45) is 16.9 Å². The highest BCUT2D eigenvalue weighted by Gasteiger charge is 2.16. The molecule has 1 aromatic rings. The van der Waals surface area contributed by atoms with Gasteiger partial charge in [0.15, 0.2) is 0 Å². The van der Waals surface area contributed by atoms with E-state index in [4.69, 9.17) is 4.74 Å². The first-order valence-electron chi connectivity index (χ1n) is 8.66. The lowest BCUT2D eigenvalue weighted by Crippen LogP contribution is -2.24. The van der Waals surface area contributed by atoms with Crippen LogP contribution in [-0.4, -0.2) is 18.2 Å². The molecular weight excluding hydrogens is 288 g/mol. The number of ether oxygens (including phenoxy) is 1. The lowest BCUT2D eigenvalue weighted by molar-refractivity contribution is 0.0954. The first-order chi connectivity index (χ1) is 11.1. The van der Waals surface area contributed by atoms with Crippen LogP contribution in [0.15, 0.2) is 29.4 Å². The molecule has 1 atom stereocenters. The minimum atomic E-state index is -0.163. The van der Waals surface area contributed by atoms with Crippen molar-refractivity contribution < 1.29 is 9.53 Å². The van der Waals surface area contributed by atoms with Gasteiger partial charge in [0, 0.05) is 11.3 Å². The van der Waals surface area contributed by atoms with Crippen molar-refractivity contribution in [2.75, 3.05) is 6.61 Å². The van der Waals surface area contributed by atoms with Crippen LogP contribution in [0.1, 0.15) is 63.2 Å². The molecule has 0 saturated heterocycles. The largest absolute Gasteiger partial charge is 0.494 e. The summed E-state index contributed by atoms with van der Waals surface area (Å²) in [4.78, 5) is 12.1. The lowest BCUT2D eigenvalue weighted by atomic mass is 9.89. The van der Waals surface area contributed by atoms with Gasteiger partial charge < -0.3 is 4.74 Å². The number of amides is 1. The summed E-state index contributed by atoms with van der Waals surface area (Å²) in [5, 5.41) is 4.32. The van der Waals surface area contributed by atoms with Crippen LogP contribution in [0.5, 0.6) is 5.75 Å². The zero-order chi connectivity index (χ0) is 16.7. The molecule has 1 saturated carbocycles. The summed E-state index contributed by atoms with van der Waals surface area (Å²) in [7, 11) is 0. The quantitative estimate of drug-likeness (QED) is 0.790. The van der Waals surface area contributed by atoms with E-state index in [1.165, 1.54) is 12.8 Å². The Balaban J connectivity index is 1.86. The Labute approximate surface area is 139 Å². The Kier molecular flexibility index (Phi) is 6.63. The van der Waals surface area contributed by atoms with E-state index in [1.807, 2.05) is 12.1 Å². The molecule has 0 radical (unpaired) electrons. The van der Waals surface area contributed by atoms with Gasteiger partial charge in [-0.3, -0.25) is 4.79 Å². The molecule has 2 rings (SSSR count). The Bertz CT molecular complexity index is 535. The predicted octanol–water partition coefficient (Wildman–Crippen LogP) is 4.41. The summed E-state index contributed by atoms with van der Waals surface area (Å²) in [6, 6.07) is 7.24. The van der Waals surface area contributed by atoms with Gasteiger partial charge in [-0.15, -0.1) is 0 Å². The molecule has 0 heterocycles. The molecule has 1 aliphatic carbocycles. The number of hydrogen-bond donors (Lipinski definition) is 1. The zero-order valence-electron chi connectivity index (χ0n) is 14.5. The van der Waals surface area contributed by atoms with Crippen LogP contribution >= 0.6 is 0 Å². The minimum Gasteiger partial charge on any atom is -0.494 e. The summed E-state index contributed by atoms with van der Waals surface area (Å²) in [5.41, 5.74) is 4.40. The second kappa shape index (κ2) is 8.70. The average Bonchev–Trinajstić information content (AvgIpc) is 2.54. The molecule has 1 aromatic carbocycles. The highest BCUT2D eigenvalue weighted by molar-refractivity contribution is 5.96. The maximum atomic E-state index is 12.1. The van der Waals surface area contributed by atoms with Gasteiger partial charge in [-0.2, -0.15) is 5.10 Å². The van der Waals surface area contributed by atoms with Crippen LogP contribution < -0.4 is 10.2 Å². The molecule has 23 heavy (non-hydrogen) atoms. The van der Waals surface area contributed by atoms with E-state index in [-0.39, 0.29) is 5.91 Å².